The van der Waals surface area contributed by atoms with Gasteiger partial charge < -0.3 is 19.3 Å². The molecule has 0 bridgehead atoms. The predicted octanol–water partition coefficient (Wildman–Crippen LogP) is 2.19. The molecule has 4 heterocycles. The summed E-state index contributed by atoms with van der Waals surface area (Å²) in [4.78, 5) is 66.6. The summed E-state index contributed by atoms with van der Waals surface area (Å²) in [6, 6.07) is 3.80. The van der Waals surface area contributed by atoms with Gasteiger partial charge in [-0.15, -0.1) is 0 Å². The van der Waals surface area contributed by atoms with Gasteiger partial charge in [0.05, 0.1) is 17.7 Å². The summed E-state index contributed by atoms with van der Waals surface area (Å²) in [7, 11) is 0. The molecule has 1 unspecified atom stereocenters. The Hall–Kier alpha value is -3.47. The van der Waals surface area contributed by atoms with Crippen molar-refractivity contribution in [1.29, 1.82) is 0 Å². The fourth-order valence-corrected chi connectivity index (χ4v) is 5.82. The van der Waals surface area contributed by atoms with E-state index in [2.05, 4.69) is 10.2 Å². The molecule has 5 amide bonds. The van der Waals surface area contributed by atoms with Crippen molar-refractivity contribution in [3.63, 3.8) is 0 Å². The summed E-state index contributed by atoms with van der Waals surface area (Å²) in [6.07, 6.45) is 2.90. The second kappa shape index (κ2) is 10.3. The molecule has 0 radical (unpaired) electrons. The fraction of sp³-hybridized carbons (Fsp3) is 0.607. The maximum atomic E-state index is 12.9. The molecule has 39 heavy (non-hydrogen) atoms. The number of piperidine rings is 1. The molecule has 0 saturated carbocycles. The third-order valence-corrected chi connectivity index (χ3v) is 7.62. The highest BCUT2D eigenvalue weighted by Gasteiger charge is 2.53. The highest BCUT2D eigenvalue weighted by molar-refractivity contribution is 6.23. The molecule has 5 rings (SSSR count). The van der Waals surface area contributed by atoms with Gasteiger partial charge in [-0.1, -0.05) is 0 Å². The van der Waals surface area contributed by atoms with E-state index in [0.29, 0.717) is 12.4 Å². The van der Waals surface area contributed by atoms with Crippen LogP contribution in [-0.2, 0) is 14.3 Å². The van der Waals surface area contributed by atoms with Gasteiger partial charge >= 0.3 is 6.09 Å². The van der Waals surface area contributed by atoms with E-state index < -0.39 is 35.3 Å². The summed E-state index contributed by atoms with van der Waals surface area (Å²) in [6.45, 7) is 10.7. The zero-order valence-corrected chi connectivity index (χ0v) is 22.8. The first-order valence-electron chi connectivity index (χ1n) is 13.6. The Kier molecular flexibility index (Phi) is 7.13. The van der Waals surface area contributed by atoms with E-state index in [0.717, 1.165) is 56.9 Å². The van der Waals surface area contributed by atoms with Gasteiger partial charge in [-0.3, -0.25) is 29.4 Å². The van der Waals surface area contributed by atoms with E-state index in [1.54, 1.807) is 23.1 Å². The molecule has 11 nitrogen and oxygen atoms in total. The summed E-state index contributed by atoms with van der Waals surface area (Å²) in [5.41, 5.74) is 0.228. The molecular weight excluding hydrogens is 504 g/mol. The van der Waals surface area contributed by atoms with Crippen molar-refractivity contribution < 1.29 is 33.4 Å². The normalized spacial score (nSPS) is 22.4. The van der Waals surface area contributed by atoms with Gasteiger partial charge in [0.2, 0.25) is 11.8 Å². The average molecular weight is 541 g/mol. The molecule has 1 aromatic carbocycles. The van der Waals surface area contributed by atoms with E-state index in [1.165, 1.54) is 0 Å². The van der Waals surface area contributed by atoms with E-state index in [9.17, 15) is 24.0 Å². The van der Waals surface area contributed by atoms with Crippen molar-refractivity contribution in [2.45, 2.75) is 64.5 Å². The number of ether oxygens (including phenoxy) is 2. The maximum absolute atomic E-state index is 12.9. The molecule has 1 aromatic rings. The average Bonchev–Trinajstić information content (AvgIpc) is 3.04. The zero-order valence-electron chi connectivity index (χ0n) is 22.8. The number of amides is 5. The summed E-state index contributed by atoms with van der Waals surface area (Å²) >= 11 is 0. The van der Waals surface area contributed by atoms with Crippen molar-refractivity contribution in [3.05, 3.63) is 29.3 Å². The number of fused-ring (bicyclic) bond motifs is 1. The lowest BCUT2D eigenvalue weighted by Crippen LogP contribution is -2.73. The number of carbonyl (C=O) groups is 5. The second-order valence-electron chi connectivity index (χ2n) is 12.1. The maximum Gasteiger partial charge on any atom is 0.410 e. The van der Waals surface area contributed by atoms with Crippen LogP contribution in [0.5, 0.6) is 5.75 Å². The minimum Gasteiger partial charge on any atom is -0.494 e. The molecule has 4 aliphatic heterocycles. The monoisotopic (exact) mass is 540 g/mol. The first-order chi connectivity index (χ1) is 18.4. The fourth-order valence-electron chi connectivity index (χ4n) is 5.82. The quantitative estimate of drug-likeness (QED) is 0.393. The zero-order chi connectivity index (χ0) is 27.9. The summed E-state index contributed by atoms with van der Waals surface area (Å²) in [5, 5.41) is 2.20. The minimum absolute atomic E-state index is 0.0868. The van der Waals surface area contributed by atoms with Crippen LogP contribution in [0.25, 0.3) is 0 Å². The van der Waals surface area contributed by atoms with E-state index in [4.69, 9.17) is 9.47 Å². The Balaban J connectivity index is 0.992. The molecule has 210 valence electrons. The number of carbonyl (C=O) groups excluding carboxylic acids is 5. The Labute approximate surface area is 227 Å². The van der Waals surface area contributed by atoms with Crippen LogP contribution in [0.15, 0.2) is 18.2 Å². The third-order valence-electron chi connectivity index (χ3n) is 7.62. The van der Waals surface area contributed by atoms with E-state index >= 15 is 0 Å². The van der Waals surface area contributed by atoms with Crippen LogP contribution in [-0.4, -0.2) is 95.4 Å². The highest BCUT2D eigenvalue weighted by Crippen LogP contribution is 2.40. The smallest absolute Gasteiger partial charge is 0.410 e. The van der Waals surface area contributed by atoms with Gasteiger partial charge in [0, 0.05) is 38.0 Å². The van der Waals surface area contributed by atoms with Gasteiger partial charge in [-0.25, -0.2) is 4.79 Å². The SMILES string of the molecule is CC(C)(C)OC(=O)N1CC2(CN(CCCCCOc3ccc4c(c3)C(=O)N(C3CCC(=O)NC3=O)C4=O)C2)C1. The molecule has 0 aromatic heterocycles. The Morgan fingerprint density at radius 3 is 2.41 bits per heavy atom. The molecule has 11 heteroatoms. The lowest BCUT2D eigenvalue weighted by atomic mass is 9.73. The molecule has 1 atom stereocenters. The first kappa shape index (κ1) is 27.1. The van der Waals surface area contributed by atoms with E-state index in [1.807, 2.05) is 20.8 Å². The van der Waals surface area contributed by atoms with Crippen LogP contribution >= 0.6 is 0 Å². The summed E-state index contributed by atoms with van der Waals surface area (Å²) in [5.74, 6) is -1.58. The van der Waals surface area contributed by atoms with Gasteiger partial charge in [0.1, 0.15) is 17.4 Å². The Morgan fingerprint density at radius 2 is 1.72 bits per heavy atom. The van der Waals surface area contributed by atoms with Crippen molar-refractivity contribution >= 4 is 29.7 Å². The van der Waals surface area contributed by atoms with Crippen LogP contribution in [0.2, 0.25) is 0 Å². The van der Waals surface area contributed by atoms with Gasteiger partial charge in [-0.2, -0.15) is 0 Å². The standard InChI is InChI=1S/C28H36N4O7/c1-27(2,3)39-26(37)31-16-28(17-31)14-30(15-28)11-5-4-6-12-38-18-7-8-19-20(13-18)25(36)32(24(19)35)21-9-10-22(33)29-23(21)34/h7-8,13,21H,4-6,9-12,14-17H2,1-3H3,(H,29,33,34). The van der Waals surface area contributed by atoms with Gasteiger partial charge in [-0.05, 0) is 71.2 Å². The number of nitrogens with one attached hydrogen (secondary N) is 1. The highest BCUT2D eigenvalue weighted by atomic mass is 16.6. The number of hydrogen-bond acceptors (Lipinski definition) is 8. The number of benzene rings is 1. The topological polar surface area (TPSA) is 126 Å². The summed E-state index contributed by atoms with van der Waals surface area (Å²) < 4.78 is 11.3. The molecule has 0 aliphatic carbocycles. The molecule has 1 N–H and O–H groups in total. The molecule has 1 spiro atoms. The number of hydrogen-bond donors (Lipinski definition) is 1. The lowest BCUT2D eigenvalue weighted by molar-refractivity contribution is -0.136. The largest absolute Gasteiger partial charge is 0.494 e. The Bertz CT molecular complexity index is 1190. The second-order valence-corrected chi connectivity index (χ2v) is 12.1. The number of imide groups is 2. The predicted molar refractivity (Wildman–Crippen MR) is 139 cm³/mol. The Morgan fingerprint density at radius 1 is 1.00 bits per heavy atom. The molecule has 3 saturated heterocycles. The number of unbranched alkanes of at least 4 members (excludes halogenated alkanes) is 2. The van der Waals surface area contributed by atoms with Crippen molar-refractivity contribution in [2.24, 2.45) is 5.41 Å². The minimum atomic E-state index is -0.978. The van der Waals surface area contributed by atoms with Crippen LogP contribution < -0.4 is 10.1 Å². The van der Waals surface area contributed by atoms with Gasteiger partial charge in [0.15, 0.2) is 0 Å². The van der Waals surface area contributed by atoms with Crippen molar-refractivity contribution in [2.75, 3.05) is 39.3 Å². The number of rotatable bonds is 8. The van der Waals surface area contributed by atoms with Crippen LogP contribution in [0, 0.1) is 5.41 Å². The van der Waals surface area contributed by atoms with E-state index in [-0.39, 0.29) is 35.5 Å². The molecule has 4 aliphatic rings. The number of likely N-dealkylation sites (tertiary alicyclic amines) is 2. The van der Waals surface area contributed by atoms with Crippen molar-refractivity contribution in [1.82, 2.24) is 20.0 Å². The molecule has 3 fully saturated rings. The van der Waals surface area contributed by atoms with Crippen LogP contribution in [0.4, 0.5) is 4.79 Å². The number of nitrogens with zero attached hydrogens (tertiary/aromatic N) is 3. The molecular formula is C28H36N4O7. The first-order valence-corrected chi connectivity index (χ1v) is 13.6. The van der Waals surface area contributed by atoms with Crippen LogP contribution in [0.3, 0.4) is 0 Å². The lowest BCUT2D eigenvalue weighted by Gasteiger charge is -2.60. The van der Waals surface area contributed by atoms with Crippen molar-refractivity contribution in [3.8, 4) is 5.75 Å². The third kappa shape index (κ3) is 5.63. The van der Waals surface area contributed by atoms with Crippen LogP contribution in [0.1, 0.15) is 73.6 Å². The van der Waals surface area contributed by atoms with Gasteiger partial charge in [0.25, 0.3) is 11.8 Å².